The van der Waals surface area contributed by atoms with Gasteiger partial charge >= 0.3 is 6.36 Å². The van der Waals surface area contributed by atoms with E-state index in [9.17, 15) is 13.2 Å². The minimum absolute atomic E-state index is 0.163. The molecule has 2 fully saturated rings. The van der Waals surface area contributed by atoms with Crippen molar-refractivity contribution in [1.29, 1.82) is 0 Å². The van der Waals surface area contributed by atoms with E-state index >= 15 is 0 Å². The fraction of sp³-hybridized carbons (Fsp3) is 0.625. The largest absolute Gasteiger partial charge is 0.573 e. The topological polar surface area (TPSA) is 15.7 Å². The number of ether oxygens (including phenoxy) is 1. The Bertz CT molecular complexity index is 507. The number of piperidine rings is 1. The first-order valence-corrected chi connectivity index (χ1v) is 7.65. The second-order valence-corrected chi connectivity index (χ2v) is 6.52. The maximum atomic E-state index is 12.2. The Hall–Kier alpha value is -1.43. The molecule has 2 aliphatic heterocycles. The van der Waals surface area contributed by atoms with E-state index in [0.29, 0.717) is 5.41 Å². The number of anilines is 1. The summed E-state index contributed by atoms with van der Waals surface area (Å²) < 4.78 is 40.4. The van der Waals surface area contributed by atoms with Crippen LogP contribution in [0.5, 0.6) is 5.75 Å². The van der Waals surface area contributed by atoms with Gasteiger partial charge in [0.1, 0.15) is 5.75 Å². The van der Waals surface area contributed by atoms with Gasteiger partial charge in [0.05, 0.1) is 0 Å². The summed E-state index contributed by atoms with van der Waals surface area (Å²) in [5.74, 6) is -0.163. The van der Waals surface area contributed by atoms with Crippen LogP contribution in [0.1, 0.15) is 19.3 Å². The highest BCUT2D eigenvalue weighted by molar-refractivity contribution is 5.50. The molecule has 0 aromatic heterocycles. The normalized spacial score (nSPS) is 22.3. The van der Waals surface area contributed by atoms with E-state index in [0.717, 1.165) is 31.9 Å². The van der Waals surface area contributed by atoms with Crippen LogP contribution in [-0.4, -0.2) is 44.5 Å². The molecule has 0 amide bonds. The summed E-state index contributed by atoms with van der Waals surface area (Å²) in [6, 6.07) is 6.22. The number of nitrogens with zero attached hydrogens (tertiary/aromatic N) is 2. The second-order valence-electron chi connectivity index (χ2n) is 6.52. The number of benzene rings is 1. The maximum absolute atomic E-state index is 12.2. The standard InChI is InChI=1S/C16H21F3N2O/c1-20-9-6-15(7-10-20)8-11-21(12-15)13-2-4-14(5-3-13)22-16(17,18)19/h2-5H,6-12H2,1H3. The Morgan fingerprint density at radius 3 is 2.18 bits per heavy atom. The number of halogens is 3. The van der Waals surface area contributed by atoms with Crippen LogP contribution in [-0.2, 0) is 0 Å². The zero-order valence-corrected chi connectivity index (χ0v) is 12.7. The number of likely N-dealkylation sites (tertiary alicyclic amines) is 1. The lowest BCUT2D eigenvalue weighted by Gasteiger charge is -2.37. The van der Waals surface area contributed by atoms with Gasteiger partial charge in [-0.25, -0.2) is 0 Å². The van der Waals surface area contributed by atoms with Crippen LogP contribution in [0.4, 0.5) is 18.9 Å². The van der Waals surface area contributed by atoms with Gasteiger partial charge in [0, 0.05) is 18.8 Å². The number of rotatable bonds is 2. The van der Waals surface area contributed by atoms with Crippen LogP contribution >= 0.6 is 0 Å². The fourth-order valence-corrected chi connectivity index (χ4v) is 3.52. The van der Waals surface area contributed by atoms with Crippen LogP contribution in [0, 0.1) is 5.41 Å². The SMILES string of the molecule is CN1CCC2(CC1)CCN(c1ccc(OC(F)(F)F)cc1)C2. The number of alkyl halides is 3. The Balaban J connectivity index is 1.63. The van der Waals surface area contributed by atoms with Crippen LogP contribution < -0.4 is 9.64 Å². The molecule has 122 valence electrons. The number of hydrogen-bond acceptors (Lipinski definition) is 3. The van der Waals surface area contributed by atoms with Gasteiger partial charge in [-0.15, -0.1) is 13.2 Å². The fourth-order valence-electron chi connectivity index (χ4n) is 3.52. The minimum Gasteiger partial charge on any atom is -0.406 e. The molecule has 0 saturated carbocycles. The first-order chi connectivity index (χ1) is 10.4. The van der Waals surface area contributed by atoms with Gasteiger partial charge in [0.25, 0.3) is 0 Å². The summed E-state index contributed by atoms with van der Waals surface area (Å²) >= 11 is 0. The highest BCUT2D eigenvalue weighted by atomic mass is 19.4. The average molecular weight is 314 g/mol. The lowest BCUT2D eigenvalue weighted by Crippen LogP contribution is -2.39. The van der Waals surface area contributed by atoms with Crippen molar-refractivity contribution in [2.45, 2.75) is 25.6 Å². The van der Waals surface area contributed by atoms with E-state index in [1.165, 1.54) is 31.4 Å². The Morgan fingerprint density at radius 1 is 1.00 bits per heavy atom. The zero-order valence-electron chi connectivity index (χ0n) is 12.7. The van der Waals surface area contributed by atoms with Crippen molar-refractivity contribution in [1.82, 2.24) is 4.90 Å². The minimum atomic E-state index is -4.63. The molecular weight excluding hydrogens is 293 g/mol. The highest BCUT2D eigenvalue weighted by Gasteiger charge is 2.40. The zero-order chi connectivity index (χ0) is 15.8. The Labute approximate surface area is 128 Å². The molecule has 2 saturated heterocycles. The summed E-state index contributed by atoms with van der Waals surface area (Å²) in [6.07, 6.45) is -1.06. The van der Waals surface area contributed by atoms with Crippen molar-refractivity contribution < 1.29 is 17.9 Å². The van der Waals surface area contributed by atoms with E-state index in [2.05, 4.69) is 21.6 Å². The first kappa shape index (κ1) is 15.5. The van der Waals surface area contributed by atoms with Gasteiger partial charge in [-0.3, -0.25) is 0 Å². The number of hydrogen-bond donors (Lipinski definition) is 0. The molecule has 0 aliphatic carbocycles. The van der Waals surface area contributed by atoms with Crippen molar-refractivity contribution in [3.05, 3.63) is 24.3 Å². The third kappa shape index (κ3) is 3.48. The van der Waals surface area contributed by atoms with Crippen LogP contribution in [0.25, 0.3) is 0 Å². The third-order valence-corrected chi connectivity index (χ3v) is 4.92. The Kier molecular flexibility index (Phi) is 3.97. The molecule has 0 atom stereocenters. The van der Waals surface area contributed by atoms with E-state index < -0.39 is 6.36 Å². The molecule has 1 aromatic carbocycles. The molecule has 2 aliphatic rings. The van der Waals surface area contributed by atoms with Crippen molar-refractivity contribution in [3.63, 3.8) is 0 Å². The predicted octanol–water partition coefficient (Wildman–Crippen LogP) is 3.51. The van der Waals surface area contributed by atoms with Crippen molar-refractivity contribution in [3.8, 4) is 5.75 Å². The highest BCUT2D eigenvalue weighted by Crippen LogP contribution is 2.41. The molecule has 0 N–H and O–H groups in total. The van der Waals surface area contributed by atoms with Gasteiger partial charge in [-0.1, -0.05) is 0 Å². The molecule has 3 nitrogen and oxygen atoms in total. The predicted molar refractivity (Wildman–Crippen MR) is 79.1 cm³/mol. The molecule has 0 unspecified atom stereocenters. The van der Waals surface area contributed by atoms with Crippen molar-refractivity contribution in [2.24, 2.45) is 5.41 Å². The third-order valence-electron chi connectivity index (χ3n) is 4.92. The quantitative estimate of drug-likeness (QED) is 0.831. The van der Waals surface area contributed by atoms with E-state index in [1.807, 2.05) is 0 Å². The van der Waals surface area contributed by atoms with Gasteiger partial charge in [0.15, 0.2) is 0 Å². The summed E-state index contributed by atoms with van der Waals surface area (Å²) in [7, 11) is 2.15. The molecule has 22 heavy (non-hydrogen) atoms. The molecule has 1 spiro atoms. The van der Waals surface area contributed by atoms with Crippen molar-refractivity contribution in [2.75, 3.05) is 38.1 Å². The summed E-state index contributed by atoms with van der Waals surface area (Å²) in [5.41, 5.74) is 1.36. The molecule has 1 aromatic rings. The van der Waals surface area contributed by atoms with Crippen LogP contribution in [0.15, 0.2) is 24.3 Å². The molecule has 6 heteroatoms. The van der Waals surface area contributed by atoms with E-state index in [4.69, 9.17) is 0 Å². The summed E-state index contributed by atoms with van der Waals surface area (Å²) in [4.78, 5) is 4.64. The molecule has 0 radical (unpaired) electrons. The van der Waals surface area contributed by atoms with E-state index in [-0.39, 0.29) is 5.75 Å². The second kappa shape index (κ2) is 5.65. The van der Waals surface area contributed by atoms with Gasteiger partial charge < -0.3 is 14.5 Å². The smallest absolute Gasteiger partial charge is 0.406 e. The average Bonchev–Trinajstić information content (AvgIpc) is 2.86. The van der Waals surface area contributed by atoms with Gasteiger partial charge in [-0.2, -0.15) is 0 Å². The van der Waals surface area contributed by atoms with Crippen molar-refractivity contribution >= 4 is 5.69 Å². The van der Waals surface area contributed by atoms with Crippen LogP contribution in [0.2, 0.25) is 0 Å². The first-order valence-electron chi connectivity index (χ1n) is 7.65. The molecule has 2 heterocycles. The summed E-state index contributed by atoms with van der Waals surface area (Å²) in [6.45, 7) is 4.24. The van der Waals surface area contributed by atoms with Gasteiger partial charge in [0.2, 0.25) is 0 Å². The lowest BCUT2D eigenvalue weighted by atomic mass is 9.78. The Morgan fingerprint density at radius 2 is 1.59 bits per heavy atom. The molecular formula is C16H21F3N2O. The van der Waals surface area contributed by atoms with Crippen LogP contribution in [0.3, 0.4) is 0 Å². The molecule has 0 bridgehead atoms. The van der Waals surface area contributed by atoms with E-state index in [1.54, 1.807) is 12.1 Å². The molecule has 3 rings (SSSR count). The maximum Gasteiger partial charge on any atom is 0.573 e. The lowest BCUT2D eigenvalue weighted by molar-refractivity contribution is -0.274. The van der Waals surface area contributed by atoms with Gasteiger partial charge in [-0.05, 0) is 69.1 Å². The summed E-state index contributed by atoms with van der Waals surface area (Å²) in [5, 5.41) is 0. The monoisotopic (exact) mass is 314 g/mol.